The molecule has 0 bridgehead atoms. The number of carbonyl (C=O) groups excluding carboxylic acids is 1. The average molecular weight is 465 g/mol. The van der Waals surface area contributed by atoms with E-state index < -0.39 is 18.5 Å². The van der Waals surface area contributed by atoms with Crippen molar-refractivity contribution in [2.45, 2.75) is 110 Å². The molecule has 8 heteroatoms. The van der Waals surface area contributed by atoms with Gasteiger partial charge >= 0.3 is 5.97 Å². The van der Waals surface area contributed by atoms with E-state index in [4.69, 9.17) is 20.4 Å². The summed E-state index contributed by atoms with van der Waals surface area (Å²) in [6.07, 6.45) is 20.2. The number of unbranched alkanes of at least 4 members (excludes halogenated alkanes) is 14. The van der Waals surface area contributed by atoms with Crippen LogP contribution in [0.15, 0.2) is 0 Å². The molecule has 0 fully saturated rings. The number of carboxylic acid groups (broad SMARTS) is 1. The Kier molecular flexibility index (Phi) is 38.0. The van der Waals surface area contributed by atoms with Crippen molar-refractivity contribution in [3.05, 3.63) is 0 Å². The molecule has 0 heterocycles. The molecule has 0 aromatic heterocycles. The monoisotopic (exact) mass is 464 g/mol. The van der Waals surface area contributed by atoms with Gasteiger partial charge in [0, 0.05) is 19.5 Å². The highest BCUT2D eigenvalue weighted by molar-refractivity contribution is 5.74. The van der Waals surface area contributed by atoms with Crippen LogP contribution in [-0.4, -0.2) is 65.2 Å². The molecule has 0 aromatic carbocycles. The first kappa shape index (κ1) is 35.4. The molecule has 7 N–H and O–H groups in total. The molecule has 8 nitrogen and oxygen atoms in total. The third-order valence-corrected chi connectivity index (χ3v) is 4.73. The van der Waals surface area contributed by atoms with Gasteiger partial charge in [0.1, 0.15) is 6.61 Å². The van der Waals surface area contributed by atoms with Crippen LogP contribution in [0, 0.1) is 0 Å². The molecule has 1 amide bonds. The molecule has 0 aromatic rings. The fourth-order valence-corrected chi connectivity index (χ4v) is 2.93. The predicted octanol–water partition coefficient (Wildman–Crippen LogP) is 3.36. The van der Waals surface area contributed by atoms with Gasteiger partial charge in [-0.05, 0) is 6.42 Å². The zero-order chi connectivity index (χ0) is 24.7. The van der Waals surface area contributed by atoms with E-state index in [1.165, 1.54) is 83.5 Å². The molecular formula is C24H52N2O6. The van der Waals surface area contributed by atoms with E-state index in [2.05, 4.69) is 18.0 Å². The molecule has 0 saturated heterocycles. The quantitative estimate of drug-likeness (QED) is 0.142. The van der Waals surface area contributed by atoms with Crippen LogP contribution >= 0.6 is 0 Å². The highest BCUT2D eigenvalue weighted by Gasteiger charge is 1.97. The number of hydrogen-bond acceptors (Lipinski definition) is 6. The van der Waals surface area contributed by atoms with Gasteiger partial charge < -0.3 is 31.5 Å². The van der Waals surface area contributed by atoms with Gasteiger partial charge in [-0.25, -0.2) is 0 Å². The lowest BCUT2D eigenvalue weighted by atomic mass is 10.0. The maximum atomic E-state index is 10.3. The summed E-state index contributed by atoms with van der Waals surface area (Å²) in [7, 11) is 0. The number of carbonyl (C=O) groups is 2. The van der Waals surface area contributed by atoms with Crippen molar-refractivity contribution >= 4 is 11.9 Å². The standard InChI is InChI=1S/C18H36O2.C4H11NO2.C2H5NO2/c1-2-3-4-5-6-7-8-9-10-11-12-13-14-15-16-17-18(19)20;6-3-1-5-2-4-7;3-2(5)1-4/h2-17H2,1H3,(H,19,20);5-7H,1-4H2;4H,1H2,(H2,3,5). The summed E-state index contributed by atoms with van der Waals surface area (Å²) in [6.45, 7) is 3.13. The van der Waals surface area contributed by atoms with Crippen LogP contribution < -0.4 is 11.1 Å². The van der Waals surface area contributed by atoms with Gasteiger partial charge in [0.15, 0.2) is 0 Å². The lowest BCUT2D eigenvalue weighted by Crippen LogP contribution is -2.21. The third kappa shape index (κ3) is 46.8. The van der Waals surface area contributed by atoms with E-state index in [0.29, 0.717) is 19.5 Å². The van der Waals surface area contributed by atoms with Gasteiger partial charge in [0.2, 0.25) is 5.91 Å². The van der Waals surface area contributed by atoms with Crippen molar-refractivity contribution in [1.82, 2.24) is 5.32 Å². The highest BCUT2D eigenvalue weighted by Crippen LogP contribution is 2.13. The zero-order valence-electron chi connectivity index (χ0n) is 20.5. The fraction of sp³-hybridized carbons (Fsp3) is 0.917. The van der Waals surface area contributed by atoms with Crippen LogP contribution in [0.2, 0.25) is 0 Å². The minimum Gasteiger partial charge on any atom is -0.481 e. The van der Waals surface area contributed by atoms with E-state index in [-0.39, 0.29) is 13.2 Å². The number of aliphatic carboxylic acids is 1. The molecule has 0 atom stereocenters. The molecule has 0 radical (unpaired) electrons. The molecular weight excluding hydrogens is 412 g/mol. The summed E-state index contributed by atoms with van der Waals surface area (Å²) in [5, 5.41) is 35.3. The number of hydrogen-bond donors (Lipinski definition) is 6. The number of rotatable bonds is 21. The Balaban J connectivity index is -0.000000572. The maximum Gasteiger partial charge on any atom is 0.303 e. The Morgan fingerprint density at radius 1 is 0.656 bits per heavy atom. The molecule has 32 heavy (non-hydrogen) atoms. The fourth-order valence-electron chi connectivity index (χ4n) is 2.93. The number of aliphatic hydroxyl groups is 3. The van der Waals surface area contributed by atoms with Gasteiger partial charge in [0.05, 0.1) is 13.2 Å². The Morgan fingerprint density at radius 2 is 0.969 bits per heavy atom. The van der Waals surface area contributed by atoms with Crippen molar-refractivity contribution in [2.24, 2.45) is 5.73 Å². The van der Waals surface area contributed by atoms with Crippen LogP contribution in [-0.2, 0) is 9.59 Å². The van der Waals surface area contributed by atoms with Crippen molar-refractivity contribution in [3.8, 4) is 0 Å². The summed E-state index contributed by atoms with van der Waals surface area (Å²) < 4.78 is 0. The molecule has 0 aliphatic heterocycles. The van der Waals surface area contributed by atoms with E-state index >= 15 is 0 Å². The van der Waals surface area contributed by atoms with Crippen LogP contribution in [0.1, 0.15) is 110 Å². The number of nitrogens with one attached hydrogen (secondary N) is 1. The molecule has 0 saturated carbocycles. The van der Waals surface area contributed by atoms with Crippen molar-refractivity contribution in [2.75, 3.05) is 32.9 Å². The van der Waals surface area contributed by atoms with E-state index in [0.717, 1.165) is 12.8 Å². The molecule has 0 aliphatic carbocycles. The van der Waals surface area contributed by atoms with Crippen LogP contribution in [0.25, 0.3) is 0 Å². The molecule has 0 unspecified atom stereocenters. The Labute approximate surface area is 196 Å². The first-order valence-corrected chi connectivity index (χ1v) is 12.5. The minimum atomic E-state index is -0.690. The number of primary amides is 1. The Bertz CT molecular complexity index is 366. The summed E-state index contributed by atoms with van der Waals surface area (Å²) in [5.74, 6) is -1.34. The van der Waals surface area contributed by atoms with Crippen molar-refractivity contribution in [1.29, 1.82) is 0 Å². The van der Waals surface area contributed by atoms with Crippen molar-refractivity contribution in [3.63, 3.8) is 0 Å². The van der Waals surface area contributed by atoms with E-state index in [1.807, 2.05) is 0 Å². The maximum absolute atomic E-state index is 10.3. The van der Waals surface area contributed by atoms with Crippen molar-refractivity contribution < 1.29 is 30.0 Å². The Hall–Kier alpha value is -1.22. The summed E-state index contributed by atoms with van der Waals surface area (Å²) in [6, 6.07) is 0. The second-order valence-electron chi connectivity index (χ2n) is 7.92. The smallest absolute Gasteiger partial charge is 0.303 e. The number of nitrogens with two attached hydrogens (primary N) is 1. The summed E-state index contributed by atoms with van der Waals surface area (Å²) >= 11 is 0. The SMILES string of the molecule is CCCCCCCCCCCCCCCCCC(=O)O.NC(=O)CO.OCCNCCO. The second-order valence-corrected chi connectivity index (χ2v) is 7.92. The Morgan fingerprint density at radius 3 is 1.22 bits per heavy atom. The molecule has 0 spiro atoms. The van der Waals surface area contributed by atoms with Crippen LogP contribution in [0.5, 0.6) is 0 Å². The van der Waals surface area contributed by atoms with Gasteiger partial charge in [-0.1, -0.05) is 96.8 Å². The minimum absolute atomic E-state index is 0.139. The van der Waals surface area contributed by atoms with Crippen LogP contribution in [0.4, 0.5) is 0 Å². The molecule has 194 valence electrons. The largest absolute Gasteiger partial charge is 0.481 e. The van der Waals surface area contributed by atoms with Gasteiger partial charge in [0.25, 0.3) is 0 Å². The molecule has 0 rings (SSSR count). The van der Waals surface area contributed by atoms with Gasteiger partial charge in [-0.2, -0.15) is 0 Å². The first-order chi connectivity index (χ1) is 15.5. The van der Waals surface area contributed by atoms with E-state index in [1.54, 1.807) is 0 Å². The number of aliphatic hydroxyl groups excluding tert-OH is 3. The first-order valence-electron chi connectivity index (χ1n) is 12.5. The van der Waals surface area contributed by atoms with Gasteiger partial charge in [-0.15, -0.1) is 0 Å². The number of carboxylic acids is 1. The third-order valence-electron chi connectivity index (χ3n) is 4.73. The number of amides is 1. The lowest BCUT2D eigenvalue weighted by Gasteiger charge is -2.03. The van der Waals surface area contributed by atoms with Crippen LogP contribution in [0.3, 0.4) is 0 Å². The zero-order valence-corrected chi connectivity index (χ0v) is 20.5. The van der Waals surface area contributed by atoms with Gasteiger partial charge in [-0.3, -0.25) is 9.59 Å². The normalized spacial score (nSPS) is 10.0. The highest BCUT2D eigenvalue weighted by atomic mass is 16.4. The summed E-state index contributed by atoms with van der Waals surface area (Å²) in [4.78, 5) is 19.7. The topological polar surface area (TPSA) is 153 Å². The summed E-state index contributed by atoms with van der Waals surface area (Å²) in [5.41, 5.74) is 4.40. The lowest BCUT2D eigenvalue weighted by molar-refractivity contribution is -0.137. The average Bonchev–Trinajstić information content (AvgIpc) is 2.77. The predicted molar refractivity (Wildman–Crippen MR) is 131 cm³/mol. The van der Waals surface area contributed by atoms with E-state index in [9.17, 15) is 9.59 Å². The molecule has 0 aliphatic rings. The second kappa shape index (κ2) is 34.4.